The molecule has 0 aliphatic carbocycles. The monoisotopic (exact) mass is 441 g/mol. The molecule has 0 spiro atoms. The first kappa shape index (κ1) is 20.5. The molecule has 1 aromatic heterocycles. The predicted octanol–water partition coefficient (Wildman–Crippen LogP) is 2.61. The Balaban J connectivity index is 0.00000288. The zero-order valence-corrected chi connectivity index (χ0v) is 17.3. The van der Waals surface area contributed by atoms with Crippen molar-refractivity contribution in [1.82, 2.24) is 20.4 Å². The van der Waals surface area contributed by atoms with Crippen molar-refractivity contribution in [2.45, 2.75) is 26.7 Å². The molecule has 1 heterocycles. The standard InChI is InChI=1S/C18H27N5.HI/c1-14-17(15(2)23(4)22-14)11-13-21-18(19-3)20-12-10-16-8-6-5-7-9-16;/h5-9H,10-13H2,1-4H3,(H2,19,20,21);1H. The van der Waals surface area contributed by atoms with Crippen LogP contribution in [0.4, 0.5) is 0 Å². The van der Waals surface area contributed by atoms with Crippen LogP contribution in [0.1, 0.15) is 22.5 Å². The number of hydrogen-bond donors (Lipinski definition) is 2. The van der Waals surface area contributed by atoms with Crippen LogP contribution in [-0.4, -0.2) is 35.9 Å². The summed E-state index contributed by atoms with van der Waals surface area (Å²) in [5.74, 6) is 0.847. The first-order valence-corrected chi connectivity index (χ1v) is 8.09. The van der Waals surface area contributed by atoms with Crippen LogP contribution in [0.25, 0.3) is 0 Å². The number of rotatable bonds is 6. The SMILES string of the molecule is CN=C(NCCc1ccccc1)NCCc1c(C)nn(C)c1C.I. The largest absolute Gasteiger partial charge is 0.356 e. The Morgan fingerprint density at radius 2 is 1.71 bits per heavy atom. The van der Waals surface area contributed by atoms with E-state index < -0.39 is 0 Å². The summed E-state index contributed by atoms with van der Waals surface area (Å²) in [5.41, 5.74) is 4.99. The Bertz CT molecular complexity index is 649. The summed E-state index contributed by atoms with van der Waals surface area (Å²) in [6.45, 7) is 5.89. The Hall–Kier alpha value is -1.57. The molecule has 0 atom stereocenters. The Labute approximate surface area is 162 Å². The lowest BCUT2D eigenvalue weighted by Crippen LogP contribution is -2.39. The average molecular weight is 441 g/mol. The second-order valence-corrected chi connectivity index (χ2v) is 5.68. The van der Waals surface area contributed by atoms with Crippen molar-refractivity contribution in [2.75, 3.05) is 20.1 Å². The van der Waals surface area contributed by atoms with Crippen LogP contribution in [0.2, 0.25) is 0 Å². The molecule has 5 nitrogen and oxygen atoms in total. The van der Waals surface area contributed by atoms with Crippen LogP contribution in [-0.2, 0) is 19.9 Å². The molecule has 0 radical (unpaired) electrons. The van der Waals surface area contributed by atoms with E-state index in [1.54, 1.807) is 7.05 Å². The van der Waals surface area contributed by atoms with Gasteiger partial charge >= 0.3 is 0 Å². The number of benzene rings is 1. The van der Waals surface area contributed by atoms with Crippen LogP contribution in [0, 0.1) is 13.8 Å². The van der Waals surface area contributed by atoms with Gasteiger partial charge in [0.05, 0.1) is 5.69 Å². The first-order chi connectivity index (χ1) is 11.1. The number of nitrogens with one attached hydrogen (secondary N) is 2. The summed E-state index contributed by atoms with van der Waals surface area (Å²) >= 11 is 0. The van der Waals surface area contributed by atoms with E-state index in [-0.39, 0.29) is 24.0 Å². The molecule has 2 rings (SSSR count). The van der Waals surface area contributed by atoms with Crippen LogP contribution >= 0.6 is 24.0 Å². The van der Waals surface area contributed by atoms with Gasteiger partial charge in [-0.2, -0.15) is 5.10 Å². The minimum atomic E-state index is 0. The minimum Gasteiger partial charge on any atom is -0.356 e. The van der Waals surface area contributed by atoms with Gasteiger partial charge in [-0.05, 0) is 37.8 Å². The highest BCUT2D eigenvalue weighted by Gasteiger charge is 2.08. The molecule has 6 heteroatoms. The zero-order chi connectivity index (χ0) is 16.7. The zero-order valence-electron chi connectivity index (χ0n) is 15.0. The smallest absolute Gasteiger partial charge is 0.190 e. The topological polar surface area (TPSA) is 54.2 Å². The van der Waals surface area contributed by atoms with Gasteiger partial charge in [-0.25, -0.2) is 0 Å². The summed E-state index contributed by atoms with van der Waals surface area (Å²) in [7, 11) is 3.79. The van der Waals surface area contributed by atoms with Gasteiger partial charge in [0, 0.05) is 32.9 Å². The van der Waals surface area contributed by atoms with E-state index >= 15 is 0 Å². The van der Waals surface area contributed by atoms with Crippen molar-refractivity contribution in [2.24, 2.45) is 12.0 Å². The quantitative estimate of drug-likeness (QED) is 0.412. The molecule has 24 heavy (non-hydrogen) atoms. The van der Waals surface area contributed by atoms with Crippen molar-refractivity contribution in [3.05, 3.63) is 52.8 Å². The maximum atomic E-state index is 4.45. The molecule has 1 aromatic carbocycles. The maximum absolute atomic E-state index is 4.45. The van der Waals surface area contributed by atoms with Gasteiger partial charge in [0.1, 0.15) is 0 Å². The normalized spacial score (nSPS) is 11.1. The number of aliphatic imine (C=N–C) groups is 1. The van der Waals surface area contributed by atoms with Crippen LogP contribution in [0.5, 0.6) is 0 Å². The minimum absolute atomic E-state index is 0. The summed E-state index contributed by atoms with van der Waals surface area (Å²) in [6.07, 6.45) is 1.94. The summed E-state index contributed by atoms with van der Waals surface area (Å²) in [4.78, 5) is 4.27. The van der Waals surface area contributed by atoms with Gasteiger partial charge in [-0.1, -0.05) is 30.3 Å². The third-order valence-electron chi connectivity index (χ3n) is 4.10. The van der Waals surface area contributed by atoms with Gasteiger partial charge in [-0.3, -0.25) is 9.67 Å². The number of aryl methyl sites for hydroxylation is 2. The molecule has 2 aromatic rings. The van der Waals surface area contributed by atoms with Gasteiger partial charge in [0.15, 0.2) is 5.96 Å². The number of guanidine groups is 1. The van der Waals surface area contributed by atoms with Crippen molar-refractivity contribution in [3.8, 4) is 0 Å². The lowest BCUT2D eigenvalue weighted by molar-refractivity contribution is 0.728. The molecule has 0 saturated heterocycles. The second-order valence-electron chi connectivity index (χ2n) is 5.68. The van der Waals surface area contributed by atoms with Gasteiger partial charge in [-0.15, -0.1) is 24.0 Å². The van der Waals surface area contributed by atoms with Crippen LogP contribution < -0.4 is 10.6 Å². The fraction of sp³-hybridized carbons (Fsp3) is 0.444. The molecular formula is C18H28IN5. The van der Waals surface area contributed by atoms with Gasteiger partial charge < -0.3 is 10.6 Å². The van der Waals surface area contributed by atoms with E-state index in [1.165, 1.54) is 16.8 Å². The summed E-state index contributed by atoms with van der Waals surface area (Å²) in [5, 5.41) is 11.2. The summed E-state index contributed by atoms with van der Waals surface area (Å²) in [6, 6.07) is 10.5. The van der Waals surface area contributed by atoms with Gasteiger partial charge in [0.2, 0.25) is 0 Å². The number of hydrogen-bond acceptors (Lipinski definition) is 2. The highest BCUT2D eigenvalue weighted by Crippen LogP contribution is 2.11. The van der Waals surface area contributed by atoms with Gasteiger partial charge in [0.25, 0.3) is 0 Å². The summed E-state index contributed by atoms with van der Waals surface area (Å²) < 4.78 is 1.94. The van der Waals surface area contributed by atoms with E-state index in [2.05, 4.69) is 58.8 Å². The highest BCUT2D eigenvalue weighted by molar-refractivity contribution is 14.0. The fourth-order valence-electron chi connectivity index (χ4n) is 2.68. The lowest BCUT2D eigenvalue weighted by Gasteiger charge is -2.12. The Morgan fingerprint density at radius 1 is 1.08 bits per heavy atom. The molecule has 0 bridgehead atoms. The van der Waals surface area contributed by atoms with Crippen molar-refractivity contribution >= 4 is 29.9 Å². The van der Waals surface area contributed by atoms with E-state index in [0.717, 1.165) is 37.6 Å². The molecule has 2 N–H and O–H groups in total. The second kappa shape index (κ2) is 10.3. The van der Waals surface area contributed by atoms with E-state index in [0.29, 0.717) is 0 Å². The molecular weight excluding hydrogens is 413 g/mol. The predicted molar refractivity (Wildman–Crippen MR) is 111 cm³/mol. The van der Waals surface area contributed by atoms with Crippen molar-refractivity contribution in [3.63, 3.8) is 0 Å². The maximum Gasteiger partial charge on any atom is 0.190 e. The average Bonchev–Trinajstić information content (AvgIpc) is 2.80. The third-order valence-corrected chi connectivity index (χ3v) is 4.10. The highest BCUT2D eigenvalue weighted by atomic mass is 127. The molecule has 0 saturated carbocycles. The third kappa shape index (κ3) is 5.81. The molecule has 0 amide bonds. The first-order valence-electron chi connectivity index (χ1n) is 8.09. The number of halogens is 1. The molecule has 132 valence electrons. The van der Waals surface area contributed by atoms with E-state index in [9.17, 15) is 0 Å². The molecule has 0 aliphatic heterocycles. The molecule has 0 fully saturated rings. The Kier molecular flexibility index (Phi) is 8.81. The van der Waals surface area contributed by atoms with Crippen LogP contribution in [0.15, 0.2) is 35.3 Å². The van der Waals surface area contributed by atoms with Crippen molar-refractivity contribution in [1.29, 1.82) is 0 Å². The lowest BCUT2D eigenvalue weighted by atomic mass is 10.1. The fourth-order valence-corrected chi connectivity index (χ4v) is 2.68. The number of aromatic nitrogens is 2. The Morgan fingerprint density at radius 3 is 2.25 bits per heavy atom. The molecule has 0 aliphatic rings. The van der Waals surface area contributed by atoms with E-state index in [1.807, 2.05) is 17.8 Å². The molecule has 0 unspecified atom stereocenters. The van der Waals surface area contributed by atoms with Crippen molar-refractivity contribution < 1.29 is 0 Å². The number of nitrogens with zero attached hydrogens (tertiary/aromatic N) is 3. The van der Waals surface area contributed by atoms with Crippen LogP contribution in [0.3, 0.4) is 0 Å². The van der Waals surface area contributed by atoms with E-state index in [4.69, 9.17) is 0 Å².